The molecular weight excluding hydrogens is 765 g/mol. The van der Waals surface area contributed by atoms with Crippen molar-refractivity contribution < 1.29 is 52.1 Å². The highest BCUT2D eigenvalue weighted by Crippen LogP contribution is 2.46. The Bertz CT molecular complexity index is 1770. The number of anilines is 1. The second-order valence-corrected chi connectivity index (χ2v) is 15.4. The van der Waals surface area contributed by atoms with E-state index in [1.54, 1.807) is 25.1 Å². The number of hydrogen-bond donors (Lipinski definition) is 3. The highest BCUT2D eigenvalue weighted by Gasteiger charge is 2.58. The number of hydrogen-bond acceptors (Lipinski definition) is 10. The van der Waals surface area contributed by atoms with Gasteiger partial charge in [-0.3, -0.25) is 24.0 Å². The van der Waals surface area contributed by atoms with Crippen LogP contribution in [0.4, 0.5) is 14.9 Å². The molecule has 0 aromatic heterocycles. The SMILES string of the molecule is CC(=O)Nc1ccc2c(c1)CC[C@@]21OC(=O)N(CC(=O)N(Cc2ccc(F)cc2)[C@@H](C)CNC(=O)CCCNC(=O)CCOCCOCCOCCC2CCCC2)C1=O. The molecule has 2 fully saturated rings. The molecule has 3 N–H and O–H groups in total. The van der Waals surface area contributed by atoms with Crippen LogP contribution in [0.1, 0.15) is 88.3 Å². The summed E-state index contributed by atoms with van der Waals surface area (Å²) in [5.41, 5.74) is 0.833. The van der Waals surface area contributed by atoms with Gasteiger partial charge in [0.2, 0.25) is 29.2 Å². The summed E-state index contributed by atoms with van der Waals surface area (Å²) in [4.78, 5) is 79.6. The van der Waals surface area contributed by atoms with Gasteiger partial charge >= 0.3 is 6.09 Å². The fourth-order valence-electron chi connectivity index (χ4n) is 7.72. The topological polar surface area (TPSA) is 182 Å². The minimum atomic E-state index is -1.57. The third-order valence-electron chi connectivity index (χ3n) is 11.0. The average Bonchev–Trinajstić information content (AvgIpc) is 3.92. The van der Waals surface area contributed by atoms with Crippen molar-refractivity contribution in [2.24, 2.45) is 5.92 Å². The number of halogens is 1. The Balaban J connectivity index is 1.01. The molecule has 6 amide bonds. The summed E-state index contributed by atoms with van der Waals surface area (Å²) in [6.45, 7) is 5.77. The van der Waals surface area contributed by atoms with Crippen LogP contribution < -0.4 is 16.0 Å². The number of nitrogens with zero attached hydrogens (tertiary/aromatic N) is 2. The molecule has 1 saturated heterocycles. The molecule has 1 saturated carbocycles. The highest BCUT2D eigenvalue weighted by molar-refractivity contribution is 6.06. The molecule has 1 spiro atoms. The lowest BCUT2D eigenvalue weighted by atomic mass is 9.94. The maximum Gasteiger partial charge on any atom is 0.418 e. The van der Waals surface area contributed by atoms with Crippen molar-refractivity contribution >= 4 is 41.3 Å². The lowest BCUT2D eigenvalue weighted by Gasteiger charge is -2.31. The standard InChI is InChI=1S/C43H58FN5O10/c1-30(27-46-38(51)8-5-19-45-39(52)17-21-57-23-25-58-24-22-56-20-16-32-6-3-4-7-32)48(28-33-9-11-35(44)12-10-33)40(53)29-49-41(54)43(59-42(49)55)18-15-34-26-36(47-31(2)50)13-14-37(34)43/h9-14,26,30,32H,3-8,15-25,27-29H2,1-2H3,(H,45,52)(H,46,51)(H,47,50)/t30-,43+/m0/s1. The molecule has 5 rings (SSSR count). The Labute approximate surface area is 345 Å². The number of ether oxygens (including phenoxy) is 4. The van der Waals surface area contributed by atoms with Crippen LogP contribution in [0.15, 0.2) is 42.5 Å². The van der Waals surface area contributed by atoms with E-state index in [4.69, 9.17) is 18.9 Å². The molecule has 3 aliphatic rings. The number of carbonyl (C=O) groups excluding carboxylic acids is 6. The summed E-state index contributed by atoms with van der Waals surface area (Å²) < 4.78 is 36.0. The van der Waals surface area contributed by atoms with Gasteiger partial charge in [-0.15, -0.1) is 0 Å². The zero-order valence-corrected chi connectivity index (χ0v) is 34.2. The number of rotatable bonds is 24. The number of imide groups is 1. The summed E-state index contributed by atoms with van der Waals surface area (Å²) in [5, 5.41) is 8.31. The molecule has 322 valence electrons. The Morgan fingerprint density at radius 2 is 1.59 bits per heavy atom. The molecule has 0 unspecified atom stereocenters. The fraction of sp³-hybridized carbons (Fsp3) is 0.581. The monoisotopic (exact) mass is 823 g/mol. The van der Waals surface area contributed by atoms with E-state index >= 15 is 0 Å². The molecule has 16 heteroatoms. The van der Waals surface area contributed by atoms with E-state index < -0.39 is 41.9 Å². The molecule has 0 radical (unpaired) electrons. The second kappa shape index (κ2) is 22.4. The van der Waals surface area contributed by atoms with Crippen LogP contribution in [-0.4, -0.2) is 111 Å². The number of benzene rings is 2. The first-order chi connectivity index (χ1) is 28.4. The molecule has 2 atom stereocenters. The van der Waals surface area contributed by atoms with Crippen LogP contribution in [0.5, 0.6) is 0 Å². The normalized spacial score (nSPS) is 17.8. The predicted octanol–water partition coefficient (Wildman–Crippen LogP) is 4.35. The fourth-order valence-corrected chi connectivity index (χ4v) is 7.72. The molecule has 1 aliphatic heterocycles. The van der Waals surface area contributed by atoms with E-state index in [1.165, 1.54) is 61.8 Å². The van der Waals surface area contributed by atoms with Crippen LogP contribution in [0, 0.1) is 11.7 Å². The smallest absolute Gasteiger partial charge is 0.418 e. The van der Waals surface area contributed by atoms with E-state index in [0.717, 1.165) is 29.4 Å². The van der Waals surface area contributed by atoms with E-state index in [-0.39, 0.29) is 56.7 Å². The average molecular weight is 824 g/mol. The maximum atomic E-state index is 13.9. The van der Waals surface area contributed by atoms with E-state index in [1.807, 2.05) is 0 Å². The van der Waals surface area contributed by atoms with Gasteiger partial charge in [0.05, 0.1) is 33.0 Å². The number of carbonyl (C=O) groups is 6. The zero-order chi connectivity index (χ0) is 42.2. The number of amides is 6. The van der Waals surface area contributed by atoms with Gasteiger partial charge < -0.3 is 39.8 Å². The number of fused-ring (bicyclic) bond motifs is 2. The van der Waals surface area contributed by atoms with Gasteiger partial charge in [0.15, 0.2) is 0 Å². The van der Waals surface area contributed by atoms with Crippen molar-refractivity contribution in [1.82, 2.24) is 20.4 Å². The Hall–Kier alpha value is -4.93. The lowest BCUT2D eigenvalue weighted by Crippen LogP contribution is -2.50. The van der Waals surface area contributed by atoms with E-state index in [0.29, 0.717) is 62.6 Å². The van der Waals surface area contributed by atoms with Gasteiger partial charge in [0, 0.05) is 69.7 Å². The summed E-state index contributed by atoms with van der Waals surface area (Å²) in [7, 11) is 0. The first kappa shape index (κ1) is 45.2. The maximum absolute atomic E-state index is 13.9. The number of nitrogens with one attached hydrogen (secondary N) is 3. The molecular formula is C43H58FN5O10. The quantitative estimate of drug-likeness (QED) is 0.129. The van der Waals surface area contributed by atoms with Crippen molar-refractivity contribution in [3.8, 4) is 0 Å². The van der Waals surface area contributed by atoms with Crippen LogP contribution in [0.2, 0.25) is 0 Å². The molecule has 2 aliphatic carbocycles. The summed E-state index contributed by atoms with van der Waals surface area (Å²) in [5.74, 6) is -1.59. The van der Waals surface area contributed by atoms with Gasteiger partial charge in [0.25, 0.3) is 5.91 Å². The van der Waals surface area contributed by atoms with Crippen LogP contribution >= 0.6 is 0 Å². The zero-order valence-electron chi connectivity index (χ0n) is 34.2. The van der Waals surface area contributed by atoms with Crippen molar-refractivity contribution in [3.05, 3.63) is 65.0 Å². The minimum Gasteiger partial charge on any atom is -0.427 e. The van der Waals surface area contributed by atoms with Crippen molar-refractivity contribution in [2.75, 3.05) is 64.6 Å². The van der Waals surface area contributed by atoms with Crippen molar-refractivity contribution in [2.45, 2.75) is 96.2 Å². The van der Waals surface area contributed by atoms with Gasteiger partial charge in [0.1, 0.15) is 12.4 Å². The first-order valence-corrected chi connectivity index (χ1v) is 20.7. The van der Waals surface area contributed by atoms with Crippen LogP contribution in [0.25, 0.3) is 0 Å². The van der Waals surface area contributed by atoms with Gasteiger partial charge in [-0.05, 0) is 67.5 Å². The van der Waals surface area contributed by atoms with Gasteiger partial charge in [-0.1, -0.05) is 43.9 Å². The van der Waals surface area contributed by atoms with Gasteiger partial charge in [-0.2, -0.15) is 0 Å². The summed E-state index contributed by atoms with van der Waals surface area (Å²) >= 11 is 0. The van der Waals surface area contributed by atoms with Crippen molar-refractivity contribution in [1.29, 1.82) is 0 Å². The third-order valence-corrected chi connectivity index (χ3v) is 11.0. The van der Waals surface area contributed by atoms with Crippen molar-refractivity contribution in [3.63, 3.8) is 0 Å². The third kappa shape index (κ3) is 13.3. The first-order valence-electron chi connectivity index (χ1n) is 20.7. The molecule has 2 aromatic rings. The minimum absolute atomic E-state index is 0.0190. The van der Waals surface area contributed by atoms with Crippen LogP contribution in [-0.2, 0) is 61.5 Å². The molecule has 2 aromatic carbocycles. The molecule has 1 heterocycles. The molecule has 0 bridgehead atoms. The predicted molar refractivity (Wildman–Crippen MR) is 214 cm³/mol. The van der Waals surface area contributed by atoms with Gasteiger partial charge in [-0.25, -0.2) is 14.1 Å². The number of aryl methyl sites for hydroxylation is 1. The second-order valence-electron chi connectivity index (χ2n) is 15.4. The molecule has 59 heavy (non-hydrogen) atoms. The highest BCUT2D eigenvalue weighted by atomic mass is 19.1. The Kier molecular flexibility index (Phi) is 17.2. The Morgan fingerprint density at radius 1 is 0.915 bits per heavy atom. The largest absolute Gasteiger partial charge is 0.427 e. The van der Waals surface area contributed by atoms with E-state index in [2.05, 4.69) is 16.0 Å². The van der Waals surface area contributed by atoms with E-state index in [9.17, 15) is 33.2 Å². The Morgan fingerprint density at radius 3 is 2.31 bits per heavy atom. The molecule has 15 nitrogen and oxygen atoms in total. The summed E-state index contributed by atoms with van der Waals surface area (Å²) in [6, 6.07) is 10.0. The van der Waals surface area contributed by atoms with Crippen LogP contribution in [0.3, 0.4) is 0 Å². The summed E-state index contributed by atoms with van der Waals surface area (Å²) in [6.07, 6.45) is 6.80. The lowest BCUT2D eigenvalue weighted by molar-refractivity contribution is -0.143.